The molecule has 24 heavy (non-hydrogen) atoms. The van der Waals surface area contributed by atoms with E-state index in [9.17, 15) is 0 Å². The zero-order valence-corrected chi connectivity index (χ0v) is 14.7. The Hall–Kier alpha value is -2.30. The fraction of sp³-hybridized carbons (Fsp3) is 0.111. The Morgan fingerprint density at radius 2 is 1.71 bits per heavy atom. The van der Waals surface area contributed by atoms with Crippen LogP contribution in [0.2, 0.25) is 10.0 Å². The van der Waals surface area contributed by atoms with E-state index in [1.807, 2.05) is 49.3 Å². The molecule has 0 fully saturated rings. The summed E-state index contributed by atoms with van der Waals surface area (Å²) in [6.45, 7) is 0. The Labute approximate surface area is 150 Å². The van der Waals surface area contributed by atoms with Gasteiger partial charge in [-0.1, -0.05) is 35.3 Å². The first-order valence-corrected chi connectivity index (χ1v) is 8.03. The first kappa shape index (κ1) is 16.6. The van der Waals surface area contributed by atoms with E-state index < -0.39 is 0 Å². The van der Waals surface area contributed by atoms with Crippen molar-refractivity contribution in [1.29, 1.82) is 0 Å². The maximum atomic E-state index is 6.15. The first-order valence-electron chi connectivity index (χ1n) is 7.27. The molecular weight excluding hydrogens is 345 g/mol. The second-order valence-electron chi connectivity index (χ2n) is 5.39. The van der Waals surface area contributed by atoms with E-state index >= 15 is 0 Å². The second kappa shape index (κ2) is 7.07. The predicted octanol–water partition coefficient (Wildman–Crippen LogP) is 5.28. The predicted molar refractivity (Wildman–Crippen MR) is 99.5 cm³/mol. The molecule has 2 aromatic carbocycles. The standard InChI is InChI=1S/C18H15Cl2N3O/c1-23(2)14-7-3-12(4-8-14)5-10-17-21-22-18(24-17)15-9-6-13(19)11-16(15)20/h3-11H,1-2H3/b10-5+. The average Bonchev–Trinajstić information content (AvgIpc) is 3.02. The normalized spacial score (nSPS) is 11.2. The average molecular weight is 360 g/mol. The van der Waals surface area contributed by atoms with Gasteiger partial charge in [-0.15, -0.1) is 10.2 Å². The summed E-state index contributed by atoms with van der Waals surface area (Å²) in [5.74, 6) is 0.770. The molecule has 4 nitrogen and oxygen atoms in total. The lowest BCUT2D eigenvalue weighted by Gasteiger charge is -2.11. The van der Waals surface area contributed by atoms with Crippen LogP contribution in [-0.4, -0.2) is 24.3 Å². The quantitative estimate of drug-likeness (QED) is 0.635. The molecule has 122 valence electrons. The van der Waals surface area contributed by atoms with Gasteiger partial charge in [-0.05, 0) is 42.0 Å². The third-order valence-electron chi connectivity index (χ3n) is 3.43. The molecular formula is C18H15Cl2N3O. The Morgan fingerprint density at radius 1 is 0.958 bits per heavy atom. The summed E-state index contributed by atoms with van der Waals surface area (Å²) in [5.41, 5.74) is 2.85. The van der Waals surface area contributed by atoms with Crippen LogP contribution < -0.4 is 4.90 Å². The van der Waals surface area contributed by atoms with E-state index in [-0.39, 0.29) is 0 Å². The molecule has 0 aliphatic rings. The van der Waals surface area contributed by atoms with Gasteiger partial charge in [0.1, 0.15) is 0 Å². The topological polar surface area (TPSA) is 42.2 Å². The number of anilines is 1. The number of halogens is 2. The minimum atomic E-state index is 0.360. The largest absolute Gasteiger partial charge is 0.417 e. The molecule has 3 rings (SSSR count). The van der Waals surface area contributed by atoms with Gasteiger partial charge in [0.2, 0.25) is 11.8 Å². The van der Waals surface area contributed by atoms with E-state index in [1.54, 1.807) is 24.3 Å². The van der Waals surface area contributed by atoms with Crippen LogP contribution in [-0.2, 0) is 0 Å². The Bertz CT molecular complexity index is 870. The third-order valence-corrected chi connectivity index (χ3v) is 3.98. The molecule has 0 saturated carbocycles. The van der Waals surface area contributed by atoms with E-state index in [2.05, 4.69) is 10.2 Å². The summed E-state index contributed by atoms with van der Waals surface area (Å²) < 4.78 is 5.63. The fourth-order valence-corrected chi connectivity index (χ4v) is 2.61. The van der Waals surface area contributed by atoms with Gasteiger partial charge in [0.15, 0.2) is 0 Å². The molecule has 0 bridgehead atoms. The summed E-state index contributed by atoms with van der Waals surface area (Å²) >= 11 is 12.0. The molecule has 1 aromatic heterocycles. The Kier molecular flexibility index (Phi) is 4.88. The van der Waals surface area contributed by atoms with Crippen molar-refractivity contribution in [2.24, 2.45) is 0 Å². The zero-order valence-electron chi connectivity index (χ0n) is 13.2. The highest BCUT2D eigenvalue weighted by Gasteiger charge is 2.11. The molecule has 0 saturated heterocycles. The maximum absolute atomic E-state index is 6.15. The summed E-state index contributed by atoms with van der Waals surface area (Å²) in [7, 11) is 4.01. The molecule has 0 radical (unpaired) electrons. The highest BCUT2D eigenvalue weighted by Crippen LogP contribution is 2.29. The number of hydrogen-bond acceptors (Lipinski definition) is 4. The number of aromatic nitrogens is 2. The zero-order chi connectivity index (χ0) is 17.1. The van der Waals surface area contributed by atoms with Gasteiger partial charge < -0.3 is 9.32 Å². The van der Waals surface area contributed by atoms with Crippen LogP contribution in [0.4, 0.5) is 5.69 Å². The van der Waals surface area contributed by atoms with E-state index in [4.69, 9.17) is 27.6 Å². The van der Waals surface area contributed by atoms with Gasteiger partial charge in [0, 0.05) is 30.9 Å². The summed E-state index contributed by atoms with van der Waals surface area (Å²) in [6.07, 6.45) is 3.69. The van der Waals surface area contributed by atoms with Crippen molar-refractivity contribution in [1.82, 2.24) is 10.2 Å². The van der Waals surface area contributed by atoms with Crippen molar-refractivity contribution in [3.05, 3.63) is 64.0 Å². The van der Waals surface area contributed by atoms with Crippen molar-refractivity contribution in [3.8, 4) is 11.5 Å². The summed E-state index contributed by atoms with van der Waals surface area (Å²) in [6, 6.07) is 13.3. The van der Waals surface area contributed by atoms with Crippen LogP contribution in [0.3, 0.4) is 0 Å². The van der Waals surface area contributed by atoms with Gasteiger partial charge >= 0.3 is 0 Å². The SMILES string of the molecule is CN(C)c1ccc(/C=C/c2nnc(-c3ccc(Cl)cc3Cl)o2)cc1. The highest BCUT2D eigenvalue weighted by atomic mass is 35.5. The monoisotopic (exact) mass is 359 g/mol. The summed E-state index contributed by atoms with van der Waals surface area (Å²) in [4.78, 5) is 2.05. The van der Waals surface area contributed by atoms with Crippen LogP contribution in [0, 0.1) is 0 Å². The minimum Gasteiger partial charge on any atom is -0.417 e. The van der Waals surface area contributed by atoms with Gasteiger partial charge in [-0.3, -0.25) is 0 Å². The van der Waals surface area contributed by atoms with Crippen LogP contribution in [0.1, 0.15) is 11.5 Å². The van der Waals surface area contributed by atoms with Crippen molar-refractivity contribution >= 4 is 41.0 Å². The Morgan fingerprint density at radius 3 is 2.38 bits per heavy atom. The van der Waals surface area contributed by atoms with E-state index in [0.29, 0.717) is 27.4 Å². The van der Waals surface area contributed by atoms with Crippen LogP contribution in [0.15, 0.2) is 46.9 Å². The molecule has 3 aromatic rings. The first-order chi connectivity index (χ1) is 11.5. The molecule has 6 heteroatoms. The van der Waals surface area contributed by atoms with Crippen LogP contribution >= 0.6 is 23.2 Å². The second-order valence-corrected chi connectivity index (χ2v) is 6.23. The van der Waals surface area contributed by atoms with Crippen LogP contribution in [0.5, 0.6) is 0 Å². The molecule has 0 N–H and O–H groups in total. The third kappa shape index (κ3) is 3.78. The number of hydrogen-bond donors (Lipinski definition) is 0. The number of benzene rings is 2. The van der Waals surface area contributed by atoms with Crippen molar-refractivity contribution in [2.45, 2.75) is 0 Å². The molecule has 0 aliphatic carbocycles. The molecule has 0 aliphatic heterocycles. The molecule has 0 amide bonds. The lowest BCUT2D eigenvalue weighted by molar-refractivity contribution is 0.558. The lowest BCUT2D eigenvalue weighted by Crippen LogP contribution is -2.07. The minimum absolute atomic E-state index is 0.360. The van der Waals surface area contributed by atoms with Gasteiger partial charge in [-0.2, -0.15) is 0 Å². The molecule has 0 unspecified atom stereocenters. The molecule has 1 heterocycles. The maximum Gasteiger partial charge on any atom is 0.249 e. The smallest absolute Gasteiger partial charge is 0.249 e. The highest BCUT2D eigenvalue weighted by molar-refractivity contribution is 6.36. The van der Waals surface area contributed by atoms with Crippen molar-refractivity contribution in [3.63, 3.8) is 0 Å². The van der Waals surface area contributed by atoms with Crippen molar-refractivity contribution in [2.75, 3.05) is 19.0 Å². The van der Waals surface area contributed by atoms with Crippen LogP contribution in [0.25, 0.3) is 23.6 Å². The number of nitrogens with zero attached hydrogens (tertiary/aromatic N) is 3. The molecule has 0 spiro atoms. The fourth-order valence-electron chi connectivity index (χ4n) is 2.12. The van der Waals surface area contributed by atoms with E-state index in [1.165, 1.54) is 0 Å². The Balaban J connectivity index is 1.78. The van der Waals surface area contributed by atoms with Gasteiger partial charge in [-0.25, -0.2) is 0 Å². The van der Waals surface area contributed by atoms with Gasteiger partial charge in [0.05, 0.1) is 10.6 Å². The molecule has 0 atom stereocenters. The lowest BCUT2D eigenvalue weighted by atomic mass is 10.2. The van der Waals surface area contributed by atoms with Gasteiger partial charge in [0.25, 0.3) is 0 Å². The summed E-state index contributed by atoms with van der Waals surface area (Å²) in [5, 5.41) is 9.07. The number of rotatable bonds is 4. The van der Waals surface area contributed by atoms with Crippen molar-refractivity contribution < 1.29 is 4.42 Å². The van der Waals surface area contributed by atoms with E-state index in [0.717, 1.165) is 11.3 Å².